The summed E-state index contributed by atoms with van der Waals surface area (Å²) in [6.45, 7) is 7.39. The van der Waals surface area contributed by atoms with Gasteiger partial charge in [0.25, 0.3) is 0 Å². The van der Waals surface area contributed by atoms with Crippen LogP contribution in [0.5, 0.6) is 11.5 Å². The highest BCUT2D eigenvalue weighted by molar-refractivity contribution is 14.0. The van der Waals surface area contributed by atoms with Crippen LogP contribution in [0.15, 0.2) is 17.1 Å². The van der Waals surface area contributed by atoms with E-state index in [0.29, 0.717) is 6.04 Å². The van der Waals surface area contributed by atoms with Crippen LogP contribution in [0.3, 0.4) is 0 Å². The van der Waals surface area contributed by atoms with Crippen molar-refractivity contribution in [2.75, 3.05) is 47.4 Å². The fourth-order valence-corrected chi connectivity index (χ4v) is 4.31. The van der Waals surface area contributed by atoms with Gasteiger partial charge in [-0.05, 0) is 55.6 Å². The number of aliphatic imine (C=N–C) groups is 1. The van der Waals surface area contributed by atoms with Gasteiger partial charge >= 0.3 is 0 Å². The number of halogens is 1. The first-order valence-corrected chi connectivity index (χ1v) is 10.1. The van der Waals surface area contributed by atoms with Gasteiger partial charge < -0.3 is 19.7 Å². The number of nitrogens with one attached hydrogen (secondary N) is 1. The number of methoxy groups -OCH3 is 2. The predicted molar refractivity (Wildman–Crippen MR) is 125 cm³/mol. The summed E-state index contributed by atoms with van der Waals surface area (Å²) in [6, 6.07) is 4.83. The number of nitrogens with zero attached hydrogens (tertiary/aromatic N) is 3. The van der Waals surface area contributed by atoms with Crippen LogP contribution in [0.1, 0.15) is 37.3 Å². The fraction of sp³-hybridized carbons (Fsp3) is 0.667. The quantitative estimate of drug-likeness (QED) is 0.381. The molecule has 2 aliphatic heterocycles. The number of likely N-dealkylation sites (tertiary alicyclic amines) is 1. The van der Waals surface area contributed by atoms with Crippen molar-refractivity contribution in [3.05, 3.63) is 23.3 Å². The minimum Gasteiger partial charge on any atom is -0.493 e. The molecular weight excluding hydrogens is 467 g/mol. The SMILES string of the molecule is CCN1CCCCC1CNC(=NC)N1CCc2cc(OC)c(OC)cc2C1.I. The normalized spacial score (nSPS) is 20.2. The lowest BCUT2D eigenvalue weighted by Gasteiger charge is -2.37. The first kappa shape index (κ1) is 23.1. The molecule has 0 aliphatic carbocycles. The number of guanidine groups is 1. The summed E-state index contributed by atoms with van der Waals surface area (Å²) in [5.41, 5.74) is 2.62. The highest BCUT2D eigenvalue weighted by Gasteiger charge is 2.24. The van der Waals surface area contributed by atoms with Crippen molar-refractivity contribution in [1.29, 1.82) is 0 Å². The Morgan fingerprint density at radius 1 is 1.14 bits per heavy atom. The first-order chi connectivity index (χ1) is 13.2. The Labute approximate surface area is 186 Å². The average Bonchev–Trinajstić information content (AvgIpc) is 2.73. The second-order valence-corrected chi connectivity index (χ2v) is 7.35. The maximum absolute atomic E-state index is 5.48. The molecule has 1 fully saturated rings. The number of likely N-dealkylation sites (N-methyl/N-ethyl adjacent to an activating group) is 1. The zero-order valence-electron chi connectivity index (χ0n) is 17.7. The molecule has 1 aromatic carbocycles. The number of rotatable bonds is 5. The van der Waals surface area contributed by atoms with Gasteiger partial charge in [0.05, 0.1) is 14.2 Å². The van der Waals surface area contributed by atoms with Crippen LogP contribution in [0.4, 0.5) is 0 Å². The number of hydrogen-bond acceptors (Lipinski definition) is 4. The molecule has 158 valence electrons. The van der Waals surface area contributed by atoms with Gasteiger partial charge in [-0.2, -0.15) is 0 Å². The highest BCUT2D eigenvalue weighted by atomic mass is 127. The van der Waals surface area contributed by atoms with Gasteiger partial charge in [-0.25, -0.2) is 0 Å². The summed E-state index contributed by atoms with van der Waals surface area (Å²) in [4.78, 5) is 9.48. The summed E-state index contributed by atoms with van der Waals surface area (Å²) in [5.74, 6) is 2.60. The van der Waals surface area contributed by atoms with Crippen LogP contribution >= 0.6 is 24.0 Å². The van der Waals surface area contributed by atoms with Gasteiger partial charge in [-0.1, -0.05) is 13.3 Å². The van der Waals surface area contributed by atoms with Crippen molar-refractivity contribution < 1.29 is 9.47 Å². The molecule has 0 radical (unpaired) electrons. The molecule has 7 heteroatoms. The largest absolute Gasteiger partial charge is 0.493 e. The van der Waals surface area contributed by atoms with Gasteiger partial charge in [0.15, 0.2) is 17.5 Å². The Bertz CT molecular complexity index is 668. The maximum Gasteiger partial charge on any atom is 0.194 e. The van der Waals surface area contributed by atoms with Crippen LogP contribution in [0.25, 0.3) is 0 Å². The summed E-state index contributed by atoms with van der Waals surface area (Å²) in [7, 11) is 5.26. The molecule has 1 aromatic rings. The van der Waals surface area contributed by atoms with Crippen molar-refractivity contribution >= 4 is 29.9 Å². The number of piperidine rings is 1. The molecule has 6 nitrogen and oxygen atoms in total. The van der Waals surface area contributed by atoms with E-state index in [4.69, 9.17) is 9.47 Å². The zero-order valence-corrected chi connectivity index (χ0v) is 20.0. The third-order valence-corrected chi connectivity index (χ3v) is 5.88. The van der Waals surface area contributed by atoms with E-state index in [9.17, 15) is 0 Å². The Balaban J connectivity index is 0.00000280. The maximum atomic E-state index is 5.48. The van der Waals surface area contributed by atoms with Crippen LogP contribution in [0, 0.1) is 0 Å². The molecule has 2 aliphatic rings. The average molecular weight is 502 g/mol. The lowest BCUT2D eigenvalue weighted by molar-refractivity contribution is 0.156. The molecule has 0 saturated carbocycles. The zero-order chi connectivity index (χ0) is 19.2. The third-order valence-electron chi connectivity index (χ3n) is 5.88. The molecule has 1 N–H and O–H groups in total. The van der Waals surface area contributed by atoms with Crippen LogP contribution in [-0.2, 0) is 13.0 Å². The second kappa shape index (κ2) is 11.1. The number of hydrogen-bond donors (Lipinski definition) is 1. The van der Waals surface area contributed by atoms with Crippen molar-refractivity contribution in [2.45, 2.75) is 45.2 Å². The molecule has 1 saturated heterocycles. The van der Waals surface area contributed by atoms with Gasteiger partial charge in [0.2, 0.25) is 0 Å². The number of ether oxygens (including phenoxy) is 2. The van der Waals surface area contributed by atoms with E-state index in [-0.39, 0.29) is 24.0 Å². The second-order valence-electron chi connectivity index (χ2n) is 7.35. The van der Waals surface area contributed by atoms with Crippen LogP contribution < -0.4 is 14.8 Å². The molecule has 0 spiro atoms. The standard InChI is InChI=1S/C21H34N4O2.HI/c1-5-24-10-7-6-8-18(24)14-23-21(22-2)25-11-9-16-12-19(26-3)20(27-4)13-17(16)15-25;/h12-13,18H,5-11,14-15H2,1-4H3,(H,22,23);1H. The van der Waals surface area contributed by atoms with Crippen molar-refractivity contribution in [2.24, 2.45) is 4.99 Å². The molecule has 3 rings (SSSR count). The minimum atomic E-state index is 0. The molecular formula is C21H35IN4O2. The topological polar surface area (TPSA) is 49.3 Å². The molecule has 0 bridgehead atoms. The lowest BCUT2D eigenvalue weighted by atomic mass is 9.99. The van der Waals surface area contributed by atoms with Crippen molar-refractivity contribution in [3.63, 3.8) is 0 Å². The minimum absolute atomic E-state index is 0. The van der Waals surface area contributed by atoms with Crippen LogP contribution in [-0.4, -0.2) is 69.2 Å². The Morgan fingerprint density at radius 2 is 1.86 bits per heavy atom. The summed E-state index contributed by atoms with van der Waals surface area (Å²) < 4.78 is 10.9. The smallest absolute Gasteiger partial charge is 0.194 e. The molecule has 1 atom stereocenters. The van der Waals surface area contributed by atoms with Crippen LogP contribution in [0.2, 0.25) is 0 Å². The molecule has 0 aromatic heterocycles. The fourth-order valence-electron chi connectivity index (χ4n) is 4.31. The summed E-state index contributed by atoms with van der Waals surface area (Å²) in [5, 5.41) is 3.63. The highest BCUT2D eigenvalue weighted by Crippen LogP contribution is 2.33. The van der Waals surface area contributed by atoms with E-state index in [1.165, 1.54) is 36.9 Å². The lowest BCUT2D eigenvalue weighted by Crippen LogP contribution is -2.50. The van der Waals surface area contributed by atoms with Gasteiger partial charge in [-0.3, -0.25) is 9.89 Å². The summed E-state index contributed by atoms with van der Waals surface area (Å²) in [6.07, 6.45) is 4.92. The van der Waals surface area contributed by atoms with Crippen molar-refractivity contribution in [3.8, 4) is 11.5 Å². The molecule has 28 heavy (non-hydrogen) atoms. The summed E-state index contributed by atoms with van der Waals surface area (Å²) >= 11 is 0. The first-order valence-electron chi connectivity index (χ1n) is 10.1. The Hall–Kier alpha value is -1.22. The van der Waals surface area contributed by atoms with E-state index in [2.05, 4.69) is 39.2 Å². The van der Waals surface area contributed by atoms with E-state index in [1.807, 2.05) is 7.05 Å². The monoisotopic (exact) mass is 502 g/mol. The third kappa shape index (κ3) is 5.23. The van der Waals surface area contributed by atoms with E-state index < -0.39 is 0 Å². The van der Waals surface area contributed by atoms with E-state index in [0.717, 1.165) is 50.1 Å². The number of fused-ring (bicyclic) bond motifs is 1. The van der Waals surface area contributed by atoms with E-state index >= 15 is 0 Å². The van der Waals surface area contributed by atoms with E-state index in [1.54, 1.807) is 14.2 Å². The Morgan fingerprint density at radius 3 is 2.50 bits per heavy atom. The Kier molecular flexibility index (Phi) is 9.14. The molecule has 0 amide bonds. The van der Waals surface area contributed by atoms with Gasteiger partial charge in [-0.15, -0.1) is 24.0 Å². The molecule has 2 heterocycles. The van der Waals surface area contributed by atoms with Gasteiger partial charge in [0, 0.05) is 32.7 Å². The van der Waals surface area contributed by atoms with Gasteiger partial charge in [0.1, 0.15) is 0 Å². The predicted octanol–water partition coefficient (Wildman–Crippen LogP) is 3.13. The molecule has 1 unspecified atom stereocenters. The van der Waals surface area contributed by atoms with Crippen molar-refractivity contribution in [1.82, 2.24) is 15.1 Å². The number of benzene rings is 1.